The molecule has 0 fully saturated rings. The number of para-hydroxylation sites is 2. The van der Waals surface area contributed by atoms with E-state index in [-0.39, 0.29) is 24.6 Å². The number of benzene rings is 2. The number of ether oxygens (including phenoxy) is 1. The number of rotatable bonds is 4. The van der Waals surface area contributed by atoms with Crippen LogP contribution >= 0.6 is 11.3 Å². The topological polar surface area (TPSA) is 108 Å². The number of aromatic nitrogens is 2. The van der Waals surface area contributed by atoms with Crippen LogP contribution < -0.4 is 20.9 Å². The van der Waals surface area contributed by atoms with Crippen LogP contribution in [0, 0.1) is 0 Å². The number of primary amides is 1. The van der Waals surface area contributed by atoms with Gasteiger partial charge >= 0.3 is 0 Å². The average molecular weight is 446 g/mol. The molecule has 2 aromatic heterocycles. The quantitative estimate of drug-likeness (QED) is 0.518. The van der Waals surface area contributed by atoms with E-state index in [0.717, 1.165) is 10.4 Å². The van der Waals surface area contributed by atoms with Gasteiger partial charge in [-0.3, -0.25) is 19.0 Å². The van der Waals surface area contributed by atoms with Crippen molar-refractivity contribution in [1.29, 1.82) is 0 Å². The van der Waals surface area contributed by atoms with Gasteiger partial charge in [0.15, 0.2) is 6.10 Å². The summed E-state index contributed by atoms with van der Waals surface area (Å²) in [6.45, 7) is -0.246. The molecule has 0 saturated heterocycles. The van der Waals surface area contributed by atoms with Crippen molar-refractivity contribution in [3.8, 4) is 16.2 Å². The fraction of sp³-hybridized carbons (Fsp3) is 0.130. The van der Waals surface area contributed by atoms with Gasteiger partial charge in [-0.2, -0.15) is 0 Å². The van der Waals surface area contributed by atoms with Crippen LogP contribution in [0.2, 0.25) is 0 Å². The van der Waals surface area contributed by atoms with Gasteiger partial charge in [0.2, 0.25) is 5.91 Å². The molecule has 2 aromatic carbocycles. The smallest absolute Gasteiger partial charge is 0.262 e. The van der Waals surface area contributed by atoms with E-state index in [2.05, 4.69) is 4.98 Å². The van der Waals surface area contributed by atoms with Crippen LogP contribution in [0.15, 0.2) is 71.8 Å². The highest BCUT2D eigenvalue weighted by molar-refractivity contribution is 7.21. The van der Waals surface area contributed by atoms with Crippen LogP contribution in [0.25, 0.3) is 20.7 Å². The largest absolute Gasteiger partial charge is 0.477 e. The fourth-order valence-electron chi connectivity index (χ4n) is 3.67. The minimum atomic E-state index is -0.962. The number of thiophene rings is 1. The molecular weight excluding hydrogens is 428 g/mol. The summed E-state index contributed by atoms with van der Waals surface area (Å²) in [6.07, 6.45) is 0.419. The van der Waals surface area contributed by atoms with Gasteiger partial charge in [0.05, 0.1) is 23.9 Å². The minimum absolute atomic E-state index is 0.0216. The summed E-state index contributed by atoms with van der Waals surface area (Å²) in [5, 5.41) is 0.460. The molecule has 1 aliphatic rings. The molecule has 1 atom stereocenters. The number of hydrogen-bond donors (Lipinski definition) is 1. The van der Waals surface area contributed by atoms with Crippen molar-refractivity contribution in [3.63, 3.8) is 0 Å². The first kappa shape index (κ1) is 20.0. The van der Waals surface area contributed by atoms with Crippen molar-refractivity contribution in [2.45, 2.75) is 12.6 Å². The van der Waals surface area contributed by atoms with Gasteiger partial charge in [-0.1, -0.05) is 42.5 Å². The van der Waals surface area contributed by atoms with Crippen LogP contribution in [0.5, 0.6) is 5.75 Å². The molecule has 2 N–H and O–H groups in total. The number of carbonyl (C=O) groups is 2. The van der Waals surface area contributed by atoms with Crippen LogP contribution in [0.3, 0.4) is 0 Å². The Balaban J connectivity index is 1.47. The van der Waals surface area contributed by atoms with Crippen molar-refractivity contribution in [2.75, 3.05) is 11.4 Å². The molecule has 8 nitrogen and oxygen atoms in total. The van der Waals surface area contributed by atoms with Gasteiger partial charge in [-0.15, -0.1) is 11.3 Å². The first-order valence-electron chi connectivity index (χ1n) is 9.91. The molecule has 0 bridgehead atoms. The number of nitrogens with zero attached hydrogens (tertiary/aromatic N) is 3. The highest BCUT2D eigenvalue weighted by atomic mass is 32.1. The van der Waals surface area contributed by atoms with E-state index >= 15 is 0 Å². The molecule has 1 aliphatic heterocycles. The van der Waals surface area contributed by atoms with Crippen molar-refractivity contribution in [2.24, 2.45) is 5.73 Å². The van der Waals surface area contributed by atoms with E-state index in [1.807, 2.05) is 30.3 Å². The van der Waals surface area contributed by atoms with E-state index < -0.39 is 12.0 Å². The summed E-state index contributed by atoms with van der Waals surface area (Å²) in [7, 11) is 0. The number of nitrogens with two attached hydrogens (primary N) is 1. The molecule has 0 radical (unpaired) electrons. The molecule has 0 saturated carbocycles. The zero-order valence-electron chi connectivity index (χ0n) is 16.8. The zero-order valence-corrected chi connectivity index (χ0v) is 17.6. The van der Waals surface area contributed by atoms with E-state index in [1.54, 1.807) is 30.3 Å². The van der Waals surface area contributed by atoms with Gasteiger partial charge in [0.1, 0.15) is 17.1 Å². The number of anilines is 1. The second kappa shape index (κ2) is 7.93. The lowest BCUT2D eigenvalue weighted by Crippen LogP contribution is -2.50. The van der Waals surface area contributed by atoms with Crippen molar-refractivity contribution in [1.82, 2.24) is 9.55 Å². The first-order valence-corrected chi connectivity index (χ1v) is 10.7. The summed E-state index contributed by atoms with van der Waals surface area (Å²) < 4.78 is 6.88. The summed E-state index contributed by atoms with van der Waals surface area (Å²) >= 11 is 1.43. The molecule has 9 heteroatoms. The maximum Gasteiger partial charge on any atom is 0.262 e. The van der Waals surface area contributed by atoms with Crippen LogP contribution in [-0.2, 0) is 16.1 Å². The molecule has 4 aromatic rings. The molecular formula is C23H18N4O4S. The zero-order chi connectivity index (χ0) is 22.2. The predicted molar refractivity (Wildman–Crippen MR) is 122 cm³/mol. The highest BCUT2D eigenvalue weighted by Gasteiger charge is 2.32. The molecule has 160 valence electrons. The fourth-order valence-corrected chi connectivity index (χ4v) is 4.66. The molecule has 5 rings (SSSR count). The number of amides is 2. The van der Waals surface area contributed by atoms with E-state index in [1.165, 1.54) is 27.1 Å². The lowest BCUT2D eigenvalue weighted by atomic mass is 10.1. The Kier molecular flexibility index (Phi) is 4.95. The third-order valence-corrected chi connectivity index (χ3v) is 6.37. The maximum absolute atomic E-state index is 13.1. The Labute approximate surface area is 186 Å². The second-order valence-electron chi connectivity index (χ2n) is 7.35. The number of carbonyl (C=O) groups excluding carboxylic acids is 2. The monoisotopic (exact) mass is 446 g/mol. The van der Waals surface area contributed by atoms with Crippen LogP contribution in [-0.4, -0.2) is 34.0 Å². The van der Waals surface area contributed by atoms with Gasteiger partial charge in [-0.25, -0.2) is 4.98 Å². The van der Waals surface area contributed by atoms with Crippen LogP contribution in [0.4, 0.5) is 5.69 Å². The Hall–Kier alpha value is -3.98. The van der Waals surface area contributed by atoms with E-state index in [9.17, 15) is 14.4 Å². The molecule has 2 amide bonds. The van der Waals surface area contributed by atoms with Crippen LogP contribution in [0.1, 0.15) is 0 Å². The van der Waals surface area contributed by atoms with Crippen molar-refractivity contribution >= 4 is 39.1 Å². The lowest BCUT2D eigenvalue weighted by Gasteiger charge is -2.33. The normalized spacial score (nSPS) is 15.2. The highest BCUT2D eigenvalue weighted by Crippen LogP contribution is 2.33. The number of hydrogen-bond acceptors (Lipinski definition) is 6. The summed E-state index contributed by atoms with van der Waals surface area (Å²) in [4.78, 5) is 45.3. The molecule has 0 spiro atoms. The maximum atomic E-state index is 13.1. The average Bonchev–Trinajstić information content (AvgIpc) is 3.26. The first-order chi connectivity index (χ1) is 15.5. The Bertz CT molecular complexity index is 1400. The number of fused-ring (bicyclic) bond motifs is 2. The Morgan fingerprint density at radius 3 is 2.66 bits per heavy atom. The molecule has 0 aliphatic carbocycles. The Morgan fingerprint density at radius 2 is 1.88 bits per heavy atom. The summed E-state index contributed by atoms with van der Waals surface area (Å²) in [5.41, 5.74) is 6.64. The molecule has 0 unspecified atom stereocenters. The Morgan fingerprint density at radius 1 is 1.12 bits per heavy atom. The van der Waals surface area contributed by atoms with E-state index in [0.29, 0.717) is 21.7 Å². The third-order valence-electron chi connectivity index (χ3n) is 5.27. The minimum Gasteiger partial charge on any atom is -0.477 e. The van der Waals surface area contributed by atoms with Gasteiger partial charge in [0, 0.05) is 4.88 Å². The standard InChI is InChI=1S/C23H18N4O4S/c24-21(29)18-11-27(16-8-4-5-9-17(16)31-18)20(28)12-26-13-25-22-15(23(26)30)10-19(32-22)14-6-2-1-3-7-14/h1-10,13,18H,11-12H2,(H2,24,29)/t18-/m1/s1. The van der Waals surface area contributed by atoms with Gasteiger partial charge in [0.25, 0.3) is 11.5 Å². The third kappa shape index (κ3) is 3.52. The van der Waals surface area contributed by atoms with Crippen molar-refractivity contribution in [3.05, 3.63) is 77.3 Å². The lowest BCUT2D eigenvalue weighted by molar-refractivity contribution is -0.125. The molecule has 32 heavy (non-hydrogen) atoms. The van der Waals surface area contributed by atoms with Gasteiger partial charge in [-0.05, 0) is 23.8 Å². The summed E-state index contributed by atoms with van der Waals surface area (Å²) in [6, 6.07) is 18.4. The summed E-state index contributed by atoms with van der Waals surface area (Å²) in [5.74, 6) is -0.639. The predicted octanol–water partition coefficient (Wildman–Crippen LogP) is 2.40. The van der Waals surface area contributed by atoms with Gasteiger partial charge < -0.3 is 15.4 Å². The van der Waals surface area contributed by atoms with E-state index in [4.69, 9.17) is 10.5 Å². The SMILES string of the molecule is NC(=O)[C@H]1CN(C(=O)Cn2cnc3sc(-c4ccccc4)cc3c2=O)c2ccccc2O1. The second-order valence-corrected chi connectivity index (χ2v) is 8.38. The molecule has 3 heterocycles. The van der Waals surface area contributed by atoms with Crippen molar-refractivity contribution < 1.29 is 14.3 Å².